The maximum Gasteiger partial charge on any atom is 0.135 e. The molecule has 182 valence electrons. The van der Waals surface area contributed by atoms with Gasteiger partial charge in [0.25, 0.3) is 0 Å². The second-order valence-electron chi connectivity index (χ2n) is 8.34. The van der Waals surface area contributed by atoms with Crippen molar-refractivity contribution in [2.24, 2.45) is 0 Å². The van der Waals surface area contributed by atoms with Crippen LogP contribution in [0.25, 0.3) is 76.9 Å². The second kappa shape index (κ2) is 8.72. The van der Waals surface area contributed by atoms with Gasteiger partial charge >= 0.3 is 0 Å². The van der Waals surface area contributed by atoms with Crippen molar-refractivity contribution in [3.8, 4) is 33.4 Å². The minimum Gasteiger partial charge on any atom is -0.456 e. The molecule has 0 amide bonds. The van der Waals surface area contributed by atoms with Gasteiger partial charge in [0.15, 0.2) is 0 Å². The predicted molar refractivity (Wildman–Crippen MR) is 165 cm³/mol. The minimum absolute atomic E-state index is 0.387. The maximum atomic E-state index is 9.56. The fraction of sp³-hybridized carbons (Fsp3) is 0. The molecule has 7 aromatic carbocycles. The summed E-state index contributed by atoms with van der Waals surface area (Å²) < 4.78 is 209. The molecular formula is C38H24O. The quantitative estimate of drug-likeness (QED) is 0.212. The Bertz CT molecular complexity index is 3360. The average Bonchev–Trinajstić information content (AvgIpc) is 3.65. The lowest BCUT2D eigenvalue weighted by molar-refractivity contribution is 0.669. The van der Waals surface area contributed by atoms with E-state index >= 15 is 0 Å². The standard InChI is InChI=1S/C38H24O/c1-2-11-25(12-3-1)26-13-10-14-27(23-26)37-30-16-4-6-18-32(30)38(33-19-7-5-17-31(33)37)28-21-22-36-34(24-28)29-15-8-9-20-35(29)39-36/h1-24H/i1D,2D,3D,4D,5D,6D,7D,8D,9D,10D,11D,13D,14D,15D,16D,17D,18D,19D,20D,21D,22D,23D,24D. The van der Waals surface area contributed by atoms with E-state index in [4.69, 9.17) is 26.3 Å². The molecule has 0 N–H and O–H groups in total. The van der Waals surface area contributed by atoms with Gasteiger partial charge in [-0.05, 0) is 79.1 Å². The van der Waals surface area contributed by atoms with Crippen molar-refractivity contribution >= 4 is 43.5 Å². The van der Waals surface area contributed by atoms with E-state index in [0.29, 0.717) is 0 Å². The van der Waals surface area contributed by atoms with Crippen molar-refractivity contribution in [1.82, 2.24) is 0 Å². The van der Waals surface area contributed by atoms with Crippen LogP contribution in [-0.2, 0) is 0 Å². The number of para-hydroxylation sites is 1. The summed E-state index contributed by atoms with van der Waals surface area (Å²) in [6.45, 7) is 0. The van der Waals surface area contributed by atoms with Crippen molar-refractivity contribution < 1.29 is 35.9 Å². The van der Waals surface area contributed by atoms with Crippen LogP contribution in [0.4, 0.5) is 0 Å². The molecule has 0 saturated carbocycles. The molecule has 8 aromatic rings. The summed E-state index contributed by atoms with van der Waals surface area (Å²) in [4.78, 5) is 0. The summed E-state index contributed by atoms with van der Waals surface area (Å²) in [5.41, 5.74) is -4.80. The van der Waals surface area contributed by atoms with E-state index in [1.54, 1.807) is 0 Å². The molecule has 0 spiro atoms. The van der Waals surface area contributed by atoms with Gasteiger partial charge < -0.3 is 4.42 Å². The molecule has 0 atom stereocenters. The van der Waals surface area contributed by atoms with E-state index in [-0.39, 0.29) is 5.39 Å². The van der Waals surface area contributed by atoms with E-state index in [1.807, 2.05) is 0 Å². The molecule has 1 aromatic heterocycles. The lowest BCUT2D eigenvalue weighted by atomic mass is 9.85. The molecule has 0 bridgehead atoms. The van der Waals surface area contributed by atoms with Crippen molar-refractivity contribution in [2.45, 2.75) is 0 Å². The number of hydrogen-bond acceptors (Lipinski definition) is 1. The molecule has 0 saturated heterocycles. The van der Waals surface area contributed by atoms with Crippen LogP contribution in [0.1, 0.15) is 31.5 Å². The lowest BCUT2D eigenvalue weighted by Gasteiger charge is -2.18. The topological polar surface area (TPSA) is 13.1 Å². The van der Waals surface area contributed by atoms with Crippen LogP contribution in [-0.4, -0.2) is 0 Å². The van der Waals surface area contributed by atoms with Gasteiger partial charge in [0.2, 0.25) is 0 Å². The Hall–Kier alpha value is -5.14. The van der Waals surface area contributed by atoms with Crippen LogP contribution < -0.4 is 0 Å². The largest absolute Gasteiger partial charge is 0.456 e. The first-order valence-corrected chi connectivity index (χ1v) is 11.5. The summed E-state index contributed by atoms with van der Waals surface area (Å²) in [6, 6.07) is -18.2. The molecule has 0 unspecified atom stereocenters. The zero-order chi connectivity index (χ0) is 45.8. The van der Waals surface area contributed by atoms with E-state index in [9.17, 15) is 9.60 Å². The van der Waals surface area contributed by atoms with E-state index < -0.39 is 210 Å². The number of rotatable bonds is 3. The van der Waals surface area contributed by atoms with Gasteiger partial charge in [-0.2, -0.15) is 0 Å². The molecular weight excluding hydrogens is 472 g/mol. The molecule has 0 fully saturated rings. The molecule has 8 rings (SSSR count). The summed E-state index contributed by atoms with van der Waals surface area (Å²) in [7, 11) is 0. The minimum atomic E-state index is -0.948. The third-order valence-electron chi connectivity index (χ3n) is 6.20. The summed E-state index contributed by atoms with van der Waals surface area (Å²) in [5, 5.41) is -3.44. The highest BCUT2D eigenvalue weighted by Crippen LogP contribution is 2.45. The second-order valence-corrected chi connectivity index (χ2v) is 8.34. The van der Waals surface area contributed by atoms with Crippen molar-refractivity contribution in [1.29, 1.82) is 0 Å². The number of furan rings is 1. The Morgan fingerprint density at radius 2 is 0.897 bits per heavy atom. The third kappa shape index (κ3) is 3.48. The van der Waals surface area contributed by atoms with Crippen LogP contribution in [0.5, 0.6) is 0 Å². The average molecular weight is 520 g/mol. The van der Waals surface area contributed by atoms with Crippen LogP contribution >= 0.6 is 0 Å². The van der Waals surface area contributed by atoms with E-state index in [0.717, 1.165) is 6.07 Å². The normalized spacial score (nSPS) is 19.8. The molecule has 0 aliphatic carbocycles. The van der Waals surface area contributed by atoms with Gasteiger partial charge in [-0.3, -0.25) is 0 Å². The van der Waals surface area contributed by atoms with Gasteiger partial charge in [0.05, 0.1) is 31.5 Å². The molecule has 1 heteroatoms. The Balaban J connectivity index is 1.73. The molecule has 0 radical (unpaired) electrons. The van der Waals surface area contributed by atoms with E-state index in [2.05, 4.69) is 0 Å². The number of benzene rings is 7. The molecule has 1 heterocycles. The van der Waals surface area contributed by atoms with Crippen LogP contribution in [0.3, 0.4) is 0 Å². The van der Waals surface area contributed by atoms with Crippen molar-refractivity contribution in [2.75, 3.05) is 0 Å². The lowest BCUT2D eigenvalue weighted by Crippen LogP contribution is -1.91. The Kier molecular flexibility index (Phi) is 2.00. The summed E-state index contributed by atoms with van der Waals surface area (Å²) in [5.74, 6) is 0. The fourth-order valence-corrected chi connectivity index (χ4v) is 4.57. The summed E-state index contributed by atoms with van der Waals surface area (Å²) >= 11 is 0. The molecule has 0 aliphatic heterocycles. The maximum absolute atomic E-state index is 9.56. The zero-order valence-corrected chi connectivity index (χ0v) is 19.5. The zero-order valence-electron chi connectivity index (χ0n) is 42.5. The van der Waals surface area contributed by atoms with Crippen LogP contribution in [0.15, 0.2) is 149 Å². The first-order valence-electron chi connectivity index (χ1n) is 23.0. The highest BCUT2D eigenvalue weighted by atomic mass is 16.3. The number of hydrogen-bond donors (Lipinski definition) is 0. The SMILES string of the molecule is [2H]c1cc(-c2c([2H])c([2H])c([2H])c(-c3c4c([2H])c([2H])c([2H])c([2H])c4c(-c4c([2H])c([2H])c5oc6c([2H])c([2H])c([2H])c([2H])c6c5c4[2H])c4c([2H])c([2H])c([2H])c([2H])c34)c2[2H])c([2H])c([2H])c1[2H]. The Labute approximate surface area is 258 Å². The van der Waals surface area contributed by atoms with E-state index in [1.165, 1.54) is 0 Å². The molecule has 0 aliphatic rings. The Morgan fingerprint density at radius 3 is 1.62 bits per heavy atom. The highest BCUT2D eigenvalue weighted by molar-refractivity contribution is 6.22. The van der Waals surface area contributed by atoms with Gasteiger partial charge in [0.1, 0.15) is 11.2 Å². The first-order chi connectivity index (χ1) is 28.9. The smallest absolute Gasteiger partial charge is 0.135 e. The molecule has 39 heavy (non-hydrogen) atoms. The van der Waals surface area contributed by atoms with Crippen molar-refractivity contribution in [3.63, 3.8) is 0 Å². The monoisotopic (exact) mass is 519 g/mol. The number of fused-ring (bicyclic) bond motifs is 5. The predicted octanol–water partition coefficient (Wildman–Crippen LogP) is 10.9. The Morgan fingerprint density at radius 1 is 0.359 bits per heavy atom. The molecule has 1 nitrogen and oxygen atoms in total. The van der Waals surface area contributed by atoms with Gasteiger partial charge in [-0.1, -0.05) is 121 Å². The third-order valence-corrected chi connectivity index (χ3v) is 6.20. The highest BCUT2D eigenvalue weighted by Gasteiger charge is 2.18. The van der Waals surface area contributed by atoms with Gasteiger partial charge in [-0.25, -0.2) is 0 Å². The van der Waals surface area contributed by atoms with Crippen molar-refractivity contribution in [3.05, 3.63) is 145 Å². The van der Waals surface area contributed by atoms with Crippen LogP contribution in [0.2, 0.25) is 0 Å². The first kappa shape index (κ1) is 8.97. The van der Waals surface area contributed by atoms with Crippen LogP contribution in [0, 0.1) is 0 Å². The van der Waals surface area contributed by atoms with Gasteiger partial charge in [-0.15, -0.1) is 0 Å². The summed E-state index contributed by atoms with van der Waals surface area (Å²) in [6.07, 6.45) is 0. The fourth-order valence-electron chi connectivity index (χ4n) is 4.57. The van der Waals surface area contributed by atoms with Gasteiger partial charge in [0, 0.05) is 10.8 Å².